The Balaban J connectivity index is 1.97. The average molecular weight is 424 g/mol. The van der Waals surface area contributed by atoms with Crippen LogP contribution in [0.4, 0.5) is 4.39 Å². The second-order valence-corrected chi connectivity index (χ2v) is 7.03. The number of nitrogens with zero attached hydrogens (tertiary/aromatic N) is 2. The van der Waals surface area contributed by atoms with E-state index in [9.17, 15) is 14.0 Å². The van der Waals surface area contributed by atoms with Gasteiger partial charge in [-0.3, -0.25) is 9.59 Å². The number of nitrogens with one attached hydrogen (secondary N) is 2. The van der Waals surface area contributed by atoms with Gasteiger partial charge in [0.05, 0.1) is 18.4 Å². The van der Waals surface area contributed by atoms with Crippen LogP contribution in [0.2, 0.25) is 0 Å². The molecule has 1 atom stereocenters. The fourth-order valence-corrected chi connectivity index (χ4v) is 2.99. The molecule has 0 aliphatic carbocycles. The van der Waals surface area contributed by atoms with Gasteiger partial charge in [-0.25, -0.2) is 9.07 Å². The number of aromatic nitrogens is 2. The summed E-state index contributed by atoms with van der Waals surface area (Å²) in [4.78, 5) is 25.2. The van der Waals surface area contributed by atoms with E-state index in [0.29, 0.717) is 29.2 Å². The molecule has 162 valence electrons. The Labute approximate surface area is 180 Å². The zero-order valence-electron chi connectivity index (χ0n) is 17.7. The summed E-state index contributed by atoms with van der Waals surface area (Å²) in [7, 11) is 1.56. The van der Waals surface area contributed by atoms with Crippen LogP contribution < -0.4 is 15.4 Å². The number of halogens is 1. The van der Waals surface area contributed by atoms with Crippen molar-refractivity contribution in [2.24, 2.45) is 0 Å². The maximum absolute atomic E-state index is 13.3. The number of amides is 2. The lowest BCUT2D eigenvalue weighted by molar-refractivity contribution is -0.122. The number of rotatable bonds is 8. The molecule has 2 aromatic carbocycles. The van der Waals surface area contributed by atoms with E-state index in [1.165, 1.54) is 16.8 Å². The highest BCUT2D eigenvalue weighted by Crippen LogP contribution is 2.27. The van der Waals surface area contributed by atoms with Gasteiger partial charge in [0.25, 0.3) is 5.91 Å². The Kier molecular flexibility index (Phi) is 7.02. The molecule has 3 rings (SSSR count). The lowest BCUT2D eigenvalue weighted by Crippen LogP contribution is -2.45. The Morgan fingerprint density at radius 1 is 1.19 bits per heavy atom. The fourth-order valence-electron chi connectivity index (χ4n) is 2.99. The molecule has 7 nitrogen and oxygen atoms in total. The van der Waals surface area contributed by atoms with Crippen molar-refractivity contribution in [1.29, 1.82) is 0 Å². The fraction of sp³-hybridized carbons (Fsp3) is 0.261. The molecule has 0 aliphatic rings. The minimum absolute atomic E-state index is 0.260. The summed E-state index contributed by atoms with van der Waals surface area (Å²) in [6.07, 6.45) is 2.37. The predicted octanol–water partition coefficient (Wildman–Crippen LogP) is 3.33. The van der Waals surface area contributed by atoms with Crippen molar-refractivity contribution in [3.05, 3.63) is 66.1 Å². The molecule has 0 spiro atoms. The van der Waals surface area contributed by atoms with Gasteiger partial charge >= 0.3 is 0 Å². The smallest absolute Gasteiger partial charge is 0.255 e. The quantitative estimate of drug-likeness (QED) is 0.581. The van der Waals surface area contributed by atoms with E-state index >= 15 is 0 Å². The molecule has 3 aromatic rings. The predicted molar refractivity (Wildman–Crippen MR) is 116 cm³/mol. The van der Waals surface area contributed by atoms with Gasteiger partial charge < -0.3 is 15.4 Å². The number of hydrogen-bond acceptors (Lipinski definition) is 4. The molecule has 1 heterocycles. The number of methoxy groups -OCH3 is 1. The molecule has 0 radical (unpaired) electrons. The molecular weight excluding hydrogens is 399 g/mol. The van der Waals surface area contributed by atoms with E-state index in [1.54, 1.807) is 50.6 Å². The van der Waals surface area contributed by atoms with Crippen molar-refractivity contribution < 1.29 is 18.7 Å². The van der Waals surface area contributed by atoms with E-state index in [2.05, 4.69) is 15.7 Å². The Bertz CT molecular complexity index is 1060. The van der Waals surface area contributed by atoms with Crippen molar-refractivity contribution in [2.75, 3.05) is 13.7 Å². The third-order valence-corrected chi connectivity index (χ3v) is 4.68. The largest absolute Gasteiger partial charge is 0.497 e. The first-order valence-electron chi connectivity index (χ1n) is 10.0. The van der Waals surface area contributed by atoms with E-state index in [4.69, 9.17) is 4.74 Å². The number of carbonyl (C=O) groups is 2. The zero-order chi connectivity index (χ0) is 22.4. The third kappa shape index (κ3) is 5.28. The molecule has 2 amide bonds. The van der Waals surface area contributed by atoms with Gasteiger partial charge in [-0.05, 0) is 49.7 Å². The normalized spacial score (nSPS) is 11.6. The van der Waals surface area contributed by atoms with Crippen LogP contribution in [-0.2, 0) is 4.79 Å². The van der Waals surface area contributed by atoms with Gasteiger partial charge in [0.2, 0.25) is 5.91 Å². The monoisotopic (exact) mass is 424 g/mol. The van der Waals surface area contributed by atoms with E-state index in [-0.39, 0.29) is 17.3 Å². The molecule has 0 unspecified atom stereocenters. The highest BCUT2D eigenvalue weighted by Gasteiger charge is 2.22. The molecule has 0 fully saturated rings. The third-order valence-electron chi connectivity index (χ3n) is 4.68. The number of benzene rings is 2. The van der Waals surface area contributed by atoms with Crippen LogP contribution in [0.15, 0.2) is 54.7 Å². The topological polar surface area (TPSA) is 85.3 Å². The molecule has 0 aliphatic heterocycles. The van der Waals surface area contributed by atoms with Gasteiger partial charge in [0, 0.05) is 18.3 Å². The second kappa shape index (κ2) is 9.88. The maximum Gasteiger partial charge on any atom is 0.255 e. The van der Waals surface area contributed by atoms with Crippen LogP contribution in [0.25, 0.3) is 16.9 Å². The first-order chi connectivity index (χ1) is 14.9. The van der Waals surface area contributed by atoms with Crippen LogP contribution in [0.5, 0.6) is 5.75 Å². The lowest BCUT2D eigenvalue weighted by atomic mass is 10.1. The highest BCUT2D eigenvalue weighted by atomic mass is 19.1. The summed E-state index contributed by atoms with van der Waals surface area (Å²) in [6.45, 7) is 4.11. The number of hydrogen-bond donors (Lipinski definition) is 2. The Hall–Kier alpha value is -3.68. The van der Waals surface area contributed by atoms with Crippen LogP contribution in [0, 0.1) is 5.82 Å². The Morgan fingerprint density at radius 2 is 1.94 bits per heavy atom. The highest BCUT2D eigenvalue weighted by molar-refractivity contribution is 6.02. The SMILES string of the molecule is CCCNC(=O)[C@@H](C)NC(=O)c1cn(-c2ccc(F)cc2)nc1-c1cccc(OC)c1. The molecule has 0 saturated heterocycles. The second-order valence-electron chi connectivity index (χ2n) is 7.03. The summed E-state index contributed by atoms with van der Waals surface area (Å²) < 4.78 is 20.1. The standard InChI is InChI=1S/C23H25FN4O3/c1-4-12-25-22(29)15(2)26-23(30)20-14-28(18-10-8-17(24)9-11-18)27-21(20)16-6-5-7-19(13-16)31-3/h5-11,13-15H,4,12H2,1-3H3,(H,25,29)(H,26,30)/t15-/m1/s1. The molecule has 0 bridgehead atoms. The molecule has 8 heteroatoms. The van der Waals surface area contributed by atoms with Gasteiger partial charge in [-0.2, -0.15) is 5.10 Å². The average Bonchev–Trinajstić information content (AvgIpc) is 3.23. The summed E-state index contributed by atoms with van der Waals surface area (Å²) in [5.74, 6) is -0.448. The van der Waals surface area contributed by atoms with Gasteiger partial charge in [-0.15, -0.1) is 0 Å². The summed E-state index contributed by atoms with van der Waals surface area (Å²) >= 11 is 0. The van der Waals surface area contributed by atoms with Crippen molar-refractivity contribution in [2.45, 2.75) is 26.3 Å². The van der Waals surface area contributed by atoms with Gasteiger partial charge in [-0.1, -0.05) is 19.1 Å². The van der Waals surface area contributed by atoms with Gasteiger partial charge in [0.1, 0.15) is 23.3 Å². The first kappa shape index (κ1) is 22.0. The van der Waals surface area contributed by atoms with Crippen molar-refractivity contribution in [1.82, 2.24) is 20.4 Å². The summed E-state index contributed by atoms with van der Waals surface area (Å²) in [6, 6.07) is 12.2. The molecule has 0 saturated carbocycles. The molecular formula is C23H25FN4O3. The maximum atomic E-state index is 13.3. The van der Waals surface area contributed by atoms with Crippen molar-refractivity contribution in [3.8, 4) is 22.7 Å². The molecule has 31 heavy (non-hydrogen) atoms. The first-order valence-corrected chi connectivity index (χ1v) is 10.0. The van der Waals surface area contributed by atoms with Crippen LogP contribution in [0.3, 0.4) is 0 Å². The Morgan fingerprint density at radius 3 is 2.61 bits per heavy atom. The number of carbonyl (C=O) groups excluding carboxylic acids is 2. The van der Waals surface area contributed by atoms with Crippen molar-refractivity contribution in [3.63, 3.8) is 0 Å². The molecule has 2 N–H and O–H groups in total. The van der Waals surface area contributed by atoms with Crippen LogP contribution >= 0.6 is 0 Å². The summed E-state index contributed by atoms with van der Waals surface area (Å²) in [5, 5.41) is 10.0. The summed E-state index contributed by atoms with van der Waals surface area (Å²) in [5.41, 5.74) is 1.97. The van der Waals surface area contributed by atoms with Crippen LogP contribution in [-0.4, -0.2) is 41.3 Å². The van der Waals surface area contributed by atoms with E-state index < -0.39 is 11.9 Å². The lowest BCUT2D eigenvalue weighted by Gasteiger charge is -2.13. The minimum atomic E-state index is -0.716. The van der Waals surface area contributed by atoms with Gasteiger partial charge in [0.15, 0.2) is 0 Å². The molecule has 1 aromatic heterocycles. The van der Waals surface area contributed by atoms with E-state index in [0.717, 1.165) is 6.42 Å². The minimum Gasteiger partial charge on any atom is -0.497 e. The van der Waals surface area contributed by atoms with E-state index in [1.807, 2.05) is 13.0 Å². The van der Waals surface area contributed by atoms with Crippen LogP contribution in [0.1, 0.15) is 30.6 Å². The number of ether oxygens (including phenoxy) is 1. The zero-order valence-corrected chi connectivity index (χ0v) is 17.7. The van der Waals surface area contributed by atoms with Crippen molar-refractivity contribution >= 4 is 11.8 Å².